The lowest BCUT2D eigenvalue weighted by molar-refractivity contribution is -0.142. The Morgan fingerprint density at radius 2 is 2.00 bits per heavy atom. The van der Waals surface area contributed by atoms with E-state index in [1.807, 2.05) is 12.3 Å². The molecule has 4 nitrogen and oxygen atoms in total. The zero-order chi connectivity index (χ0) is 17.9. The predicted octanol–water partition coefficient (Wildman–Crippen LogP) is 4.15. The molecule has 26 heavy (non-hydrogen) atoms. The third-order valence-corrected chi connectivity index (χ3v) is 6.96. The first-order valence-corrected chi connectivity index (χ1v) is 10.5. The topological polar surface area (TPSA) is 53.4 Å². The highest BCUT2D eigenvalue weighted by Crippen LogP contribution is 2.40. The minimum absolute atomic E-state index is 0.321. The van der Waals surface area contributed by atoms with Gasteiger partial charge in [0, 0.05) is 30.1 Å². The van der Waals surface area contributed by atoms with Crippen molar-refractivity contribution in [3.05, 3.63) is 52.0 Å². The fourth-order valence-corrected chi connectivity index (χ4v) is 5.57. The molecule has 2 aromatic rings. The van der Waals surface area contributed by atoms with E-state index in [4.69, 9.17) is 0 Å². The number of likely N-dealkylation sites (tertiary alicyclic amines) is 1. The van der Waals surface area contributed by atoms with E-state index in [1.165, 1.54) is 29.7 Å². The summed E-state index contributed by atoms with van der Waals surface area (Å²) in [4.78, 5) is 19.8. The van der Waals surface area contributed by atoms with Gasteiger partial charge in [-0.2, -0.15) is 0 Å². The molecule has 2 heterocycles. The predicted molar refractivity (Wildman–Crippen MR) is 103 cm³/mol. The zero-order valence-corrected chi connectivity index (χ0v) is 15.8. The van der Waals surface area contributed by atoms with Crippen LogP contribution in [0.25, 0.3) is 0 Å². The van der Waals surface area contributed by atoms with Gasteiger partial charge < -0.3 is 5.11 Å². The molecule has 4 rings (SSSR count). The van der Waals surface area contributed by atoms with Gasteiger partial charge in [0.25, 0.3) is 0 Å². The summed E-state index contributed by atoms with van der Waals surface area (Å²) in [5.74, 6) is -0.0939. The summed E-state index contributed by atoms with van der Waals surface area (Å²) >= 11 is 1.75. The molecule has 1 aliphatic heterocycles. The Morgan fingerprint density at radius 3 is 2.81 bits per heavy atom. The molecule has 3 unspecified atom stereocenters. The Balaban J connectivity index is 1.41. The minimum atomic E-state index is -0.659. The SMILES string of the molecule is O=C(O)C1CC2CCCCC2N1Cc1cnc(CCc2ccccc2)s1. The Bertz CT molecular complexity index is 745. The summed E-state index contributed by atoms with van der Waals surface area (Å²) < 4.78 is 0. The summed E-state index contributed by atoms with van der Waals surface area (Å²) in [5, 5.41) is 10.8. The van der Waals surface area contributed by atoms with Crippen molar-refractivity contribution in [3.63, 3.8) is 0 Å². The van der Waals surface area contributed by atoms with Crippen LogP contribution in [-0.4, -0.2) is 33.0 Å². The van der Waals surface area contributed by atoms with Crippen LogP contribution in [0.15, 0.2) is 36.5 Å². The molecule has 1 saturated heterocycles. The third kappa shape index (κ3) is 3.84. The van der Waals surface area contributed by atoms with Gasteiger partial charge in [0.05, 0.1) is 5.01 Å². The molecular weight excluding hydrogens is 344 g/mol. The average molecular weight is 371 g/mol. The number of aryl methyl sites for hydroxylation is 2. The quantitative estimate of drug-likeness (QED) is 0.830. The van der Waals surface area contributed by atoms with E-state index < -0.39 is 5.97 Å². The van der Waals surface area contributed by atoms with Crippen molar-refractivity contribution in [2.45, 2.75) is 63.6 Å². The third-order valence-electron chi connectivity index (χ3n) is 5.92. The highest BCUT2D eigenvalue weighted by molar-refractivity contribution is 7.11. The number of aliphatic carboxylic acids is 1. The lowest BCUT2D eigenvalue weighted by Crippen LogP contribution is -2.41. The maximum atomic E-state index is 11.8. The number of hydrogen-bond acceptors (Lipinski definition) is 4. The molecular formula is C21H26N2O2S. The van der Waals surface area contributed by atoms with E-state index in [0.717, 1.165) is 37.2 Å². The maximum absolute atomic E-state index is 11.8. The minimum Gasteiger partial charge on any atom is -0.480 e. The fourth-order valence-electron chi connectivity index (χ4n) is 4.64. The molecule has 5 heteroatoms. The second kappa shape index (κ2) is 7.89. The maximum Gasteiger partial charge on any atom is 0.320 e. The number of thiazole rings is 1. The molecule has 1 aliphatic carbocycles. The first-order valence-electron chi connectivity index (χ1n) is 9.67. The highest BCUT2D eigenvalue weighted by Gasteiger charge is 2.45. The number of nitrogens with zero attached hydrogens (tertiary/aromatic N) is 2. The molecule has 138 valence electrons. The van der Waals surface area contributed by atoms with Crippen molar-refractivity contribution >= 4 is 17.3 Å². The van der Waals surface area contributed by atoms with Crippen LogP contribution in [0.1, 0.15) is 47.6 Å². The van der Waals surface area contributed by atoms with E-state index in [9.17, 15) is 9.90 Å². The van der Waals surface area contributed by atoms with Gasteiger partial charge in [-0.25, -0.2) is 4.98 Å². The second-order valence-corrected chi connectivity index (χ2v) is 8.78. The first kappa shape index (κ1) is 17.7. The van der Waals surface area contributed by atoms with E-state index >= 15 is 0 Å². The van der Waals surface area contributed by atoms with Crippen molar-refractivity contribution in [2.24, 2.45) is 5.92 Å². The van der Waals surface area contributed by atoms with Crippen LogP contribution < -0.4 is 0 Å². The van der Waals surface area contributed by atoms with Crippen LogP contribution in [0.3, 0.4) is 0 Å². The summed E-state index contributed by atoms with van der Waals surface area (Å²) in [6, 6.07) is 10.6. The molecule has 0 spiro atoms. The summed E-state index contributed by atoms with van der Waals surface area (Å²) in [5.41, 5.74) is 1.33. The molecule has 1 saturated carbocycles. The number of aromatic nitrogens is 1. The Kier molecular flexibility index (Phi) is 5.36. The largest absolute Gasteiger partial charge is 0.480 e. The normalized spacial score (nSPS) is 25.9. The summed E-state index contributed by atoms with van der Waals surface area (Å²) in [7, 11) is 0. The number of carbonyl (C=O) groups is 1. The lowest BCUT2D eigenvalue weighted by atomic mass is 9.85. The molecule has 0 bridgehead atoms. The van der Waals surface area contributed by atoms with Gasteiger partial charge in [-0.3, -0.25) is 9.69 Å². The van der Waals surface area contributed by atoms with Crippen LogP contribution in [0, 0.1) is 5.92 Å². The van der Waals surface area contributed by atoms with Gasteiger partial charge in [0.15, 0.2) is 0 Å². The van der Waals surface area contributed by atoms with E-state index in [2.05, 4.69) is 34.1 Å². The second-order valence-electron chi connectivity index (χ2n) is 7.58. The van der Waals surface area contributed by atoms with Crippen LogP contribution in [0.4, 0.5) is 0 Å². The van der Waals surface area contributed by atoms with Crippen molar-refractivity contribution in [1.29, 1.82) is 0 Å². The average Bonchev–Trinajstić information content (AvgIpc) is 3.26. The summed E-state index contributed by atoms with van der Waals surface area (Å²) in [6.07, 6.45) is 9.55. The number of hydrogen-bond donors (Lipinski definition) is 1. The number of fused-ring (bicyclic) bond motifs is 1. The van der Waals surface area contributed by atoms with Gasteiger partial charge in [-0.05, 0) is 37.2 Å². The highest BCUT2D eigenvalue weighted by atomic mass is 32.1. The number of benzene rings is 1. The molecule has 1 aromatic heterocycles. The lowest BCUT2D eigenvalue weighted by Gasteiger charge is -2.32. The first-order chi connectivity index (χ1) is 12.7. The van der Waals surface area contributed by atoms with Gasteiger partial charge in [-0.1, -0.05) is 43.2 Å². The Labute approximate surface area is 158 Å². The fraction of sp³-hybridized carbons (Fsp3) is 0.524. The number of rotatable bonds is 6. The molecule has 3 atom stereocenters. The molecule has 2 aliphatic rings. The number of carboxylic acids is 1. The van der Waals surface area contributed by atoms with Crippen molar-refractivity contribution in [1.82, 2.24) is 9.88 Å². The monoisotopic (exact) mass is 370 g/mol. The number of carboxylic acid groups (broad SMARTS) is 1. The Morgan fingerprint density at radius 1 is 1.19 bits per heavy atom. The smallest absolute Gasteiger partial charge is 0.320 e. The standard InChI is InChI=1S/C21H26N2O2S/c24-21(25)19-12-16-8-4-5-9-18(16)23(19)14-17-13-22-20(26-17)11-10-15-6-2-1-3-7-15/h1-3,6-7,13,16,18-19H,4-5,8-12,14H2,(H,24,25). The van der Waals surface area contributed by atoms with Crippen molar-refractivity contribution < 1.29 is 9.90 Å². The van der Waals surface area contributed by atoms with Gasteiger partial charge >= 0.3 is 5.97 Å². The molecule has 1 N–H and O–H groups in total. The van der Waals surface area contributed by atoms with Crippen LogP contribution in [0.5, 0.6) is 0 Å². The molecule has 2 fully saturated rings. The van der Waals surface area contributed by atoms with Gasteiger partial charge in [0.2, 0.25) is 0 Å². The molecule has 1 aromatic carbocycles. The van der Waals surface area contributed by atoms with E-state index in [1.54, 1.807) is 11.3 Å². The molecule has 0 amide bonds. The van der Waals surface area contributed by atoms with Crippen LogP contribution in [0.2, 0.25) is 0 Å². The van der Waals surface area contributed by atoms with Crippen molar-refractivity contribution in [3.8, 4) is 0 Å². The van der Waals surface area contributed by atoms with Gasteiger partial charge in [-0.15, -0.1) is 11.3 Å². The van der Waals surface area contributed by atoms with E-state index in [0.29, 0.717) is 12.0 Å². The van der Waals surface area contributed by atoms with Crippen LogP contribution >= 0.6 is 11.3 Å². The molecule has 0 radical (unpaired) electrons. The zero-order valence-electron chi connectivity index (χ0n) is 15.0. The van der Waals surface area contributed by atoms with E-state index in [-0.39, 0.29) is 6.04 Å². The van der Waals surface area contributed by atoms with Crippen LogP contribution in [-0.2, 0) is 24.2 Å². The van der Waals surface area contributed by atoms with Crippen molar-refractivity contribution in [2.75, 3.05) is 0 Å². The van der Waals surface area contributed by atoms with Gasteiger partial charge in [0.1, 0.15) is 6.04 Å². The summed E-state index contributed by atoms with van der Waals surface area (Å²) in [6.45, 7) is 0.737. The Hall–Kier alpha value is -1.72.